The van der Waals surface area contributed by atoms with Gasteiger partial charge in [-0.2, -0.15) is 0 Å². The number of hydrogen-bond acceptors (Lipinski definition) is 3. The molecule has 0 fully saturated rings. The van der Waals surface area contributed by atoms with Crippen molar-refractivity contribution in [1.29, 1.82) is 0 Å². The summed E-state index contributed by atoms with van der Waals surface area (Å²) < 4.78 is 0. The van der Waals surface area contributed by atoms with Crippen LogP contribution in [0.1, 0.15) is 26.3 Å². The van der Waals surface area contributed by atoms with Gasteiger partial charge in [-0.3, -0.25) is 4.79 Å². The zero-order valence-electron chi connectivity index (χ0n) is 11.1. The van der Waals surface area contributed by atoms with E-state index in [2.05, 4.69) is 5.32 Å². The molecule has 0 aromatic heterocycles. The number of hydrogen-bond donors (Lipinski definition) is 3. The molecule has 1 aromatic rings. The van der Waals surface area contributed by atoms with Gasteiger partial charge in [0.15, 0.2) is 0 Å². The van der Waals surface area contributed by atoms with Crippen LogP contribution in [0.25, 0.3) is 0 Å². The Morgan fingerprint density at radius 1 is 1.39 bits per heavy atom. The van der Waals surface area contributed by atoms with Crippen molar-refractivity contribution in [2.75, 3.05) is 5.73 Å². The lowest BCUT2D eigenvalue weighted by molar-refractivity contribution is -0.122. The summed E-state index contributed by atoms with van der Waals surface area (Å²) in [4.78, 5) is 11.4. The number of carbonyl (C=O) groups is 1. The molecule has 0 unspecified atom stereocenters. The van der Waals surface area contributed by atoms with Gasteiger partial charge in [0.05, 0.1) is 6.04 Å². The third-order valence-electron chi connectivity index (χ3n) is 2.61. The van der Waals surface area contributed by atoms with Crippen molar-refractivity contribution in [3.8, 4) is 0 Å². The number of halogens is 1. The lowest BCUT2D eigenvalue weighted by Crippen LogP contribution is -2.49. The van der Waals surface area contributed by atoms with Crippen LogP contribution in [0.3, 0.4) is 0 Å². The third-order valence-corrected chi connectivity index (χ3v) is 2.61. The van der Waals surface area contributed by atoms with Gasteiger partial charge in [0, 0.05) is 12.2 Å². The molecule has 5 heteroatoms. The number of benzene rings is 1. The molecule has 0 saturated heterocycles. The average molecular weight is 272 g/mol. The van der Waals surface area contributed by atoms with Gasteiger partial charge >= 0.3 is 0 Å². The molecule has 1 amide bonds. The summed E-state index contributed by atoms with van der Waals surface area (Å²) in [6, 6.07) is 7.21. The Labute approximate surface area is 115 Å². The first-order valence-corrected chi connectivity index (χ1v) is 5.68. The molecule has 0 saturated carbocycles. The Hall–Kier alpha value is -1.26. The Balaban J connectivity index is 0.00000289. The molecule has 0 aliphatic heterocycles. The summed E-state index contributed by atoms with van der Waals surface area (Å²) in [5.41, 5.74) is 12.6. The molecule has 1 atom stereocenters. The lowest BCUT2D eigenvalue weighted by Gasteiger charge is -2.28. The Kier molecular flexibility index (Phi) is 6.15. The minimum Gasteiger partial charge on any atom is -0.399 e. The van der Waals surface area contributed by atoms with E-state index in [0.29, 0.717) is 6.54 Å². The molecule has 0 radical (unpaired) electrons. The predicted molar refractivity (Wildman–Crippen MR) is 77.4 cm³/mol. The molecule has 0 heterocycles. The van der Waals surface area contributed by atoms with Gasteiger partial charge in [-0.25, -0.2) is 0 Å². The van der Waals surface area contributed by atoms with E-state index in [-0.39, 0.29) is 29.8 Å². The molecule has 4 nitrogen and oxygen atoms in total. The summed E-state index contributed by atoms with van der Waals surface area (Å²) >= 11 is 0. The Bertz CT molecular complexity index is 401. The topological polar surface area (TPSA) is 81.1 Å². The van der Waals surface area contributed by atoms with Crippen LogP contribution in [0.2, 0.25) is 0 Å². The van der Waals surface area contributed by atoms with E-state index in [9.17, 15) is 4.79 Å². The number of nitrogens with two attached hydrogens (primary N) is 2. The van der Waals surface area contributed by atoms with Crippen LogP contribution >= 0.6 is 12.4 Å². The second kappa shape index (κ2) is 6.61. The molecular formula is C13H22ClN3O. The first-order valence-electron chi connectivity index (χ1n) is 5.68. The van der Waals surface area contributed by atoms with Crippen LogP contribution in [0.15, 0.2) is 24.3 Å². The van der Waals surface area contributed by atoms with Crippen LogP contribution in [0.5, 0.6) is 0 Å². The molecule has 1 aromatic carbocycles. The smallest absolute Gasteiger partial charge is 0.235 e. The molecular weight excluding hydrogens is 250 g/mol. The van der Waals surface area contributed by atoms with E-state index in [1.165, 1.54) is 0 Å². The molecule has 0 spiro atoms. The first kappa shape index (κ1) is 16.7. The van der Waals surface area contributed by atoms with Gasteiger partial charge in [-0.15, -0.1) is 12.4 Å². The van der Waals surface area contributed by atoms with Gasteiger partial charge in [-0.1, -0.05) is 32.9 Å². The van der Waals surface area contributed by atoms with Crippen molar-refractivity contribution in [3.63, 3.8) is 0 Å². The SMILES string of the molecule is CC(C)(C)[C@H](NCc1cccc(N)c1)C(N)=O.Cl. The highest BCUT2D eigenvalue weighted by atomic mass is 35.5. The van der Waals surface area contributed by atoms with Crippen LogP contribution < -0.4 is 16.8 Å². The van der Waals surface area contributed by atoms with Crippen LogP contribution in [-0.2, 0) is 11.3 Å². The number of primary amides is 1. The fraction of sp³-hybridized carbons (Fsp3) is 0.462. The number of nitrogens with one attached hydrogen (secondary N) is 1. The lowest BCUT2D eigenvalue weighted by atomic mass is 9.86. The number of anilines is 1. The normalized spacial score (nSPS) is 12.6. The zero-order chi connectivity index (χ0) is 13.1. The highest BCUT2D eigenvalue weighted by Crippen LogP contribution is 2.19. The number of nitrogen functional groups attached to an aromatic ring is 1. The standard InChI is InChI=1S/C13H21N3O.ClH/c1-13(2,3)11(12(15)17)16-8-9-5-4-6-10(14)7-9;/h4-7,11,16H,8,14H2,1-3H3,(H2,15,17);1H/t11-;/m1./s1. The van der Waals surface area contributed by atoms with E-state index >= 15 is 0 Å². The number of rotatable bonds is 4. The molecule has 0 aliphatic carbocycles. The Morgan fingerprint density at radius 2 is 2.00 bits per heavy atom. The minimum atomic E-state index is -0.357. The van der Waals surface area contributed by atoms with Crippen LogP contribution in [-0.4, -0.2) is 11.9 Å². The quantitative estimate of drug-likeness (QED) is 0.729. The van der Waals surface area contributed by atoms with Gasteiger partial charge in [0.2, 0.25) is 5.91 Å². The first-order chi connectivity index (χ1) is 7.80. The number of carbonyl (C=O) groups excluding carboxylic acids is 1. The molecule has 0 bridgehead atoms. The van der Waals surface area contributed by atoms with E-state index in [4.69, 9.17) is 11.5 Å². The van der Waals surface area contributed by atoms with Crippen molar-refractivity contribution >= 4 is 24.0 Å². The third kappa shape index (κ3) is 4.94. The number of amides is 1. The van der Waals surface area contributed by atoms with E-state index < -0.39 is 0 Å². The van der Waals surface area contributed by atoms with Gasteiger partial charge in [0.25, 0.3) is 0 Å². The maximum absolute atomic E-state index is 11.4. The monoisotopic (exact) mass is 271 g/mol. The molecule has 102 valence electrons. The predicted octanol–water partition coefficient (Wildman–Crippen LogP) is 1.68. The van der Waals surface area contributed by atoms with Crippen molar-refractivity contribution in [3.05, 3.63) is 29.8 Å². The van der Waals surface area contributed by atoms with Gasteiger partial charge in [0.1, 0.15) is 0 Å². The zero-order valence-corrected chi connectivity index (χ0v) is 11.9. The van der Waals surface area contributed by atoms with E-state index in [1.807, 2.05) is 45.0 Å². The van der Waals surface area contributed by atoms with E-state index in [0.717, 1.165) is 11.3 Å². The van der Waals surface area contributed by atoms with Crippen LogP contribution in [0, 0.1) is 5.41 Å². The fourth-order valence-corrected chi connectivity index (χ4v) is 1.76. The molecule has 0 aliphatic rings. The van der Waals surface area contributed by atoms with Crippen molar-refractivity contribution in [2.24, 2.45) is 11.1 Å². The summed E-state index contributed by atoms with van der Waals surface area (Å²) in [6.07, 6.45) is 0. The average Bonchev–Trinajstić information content (AvgIpc) is 2.15. The van der Waals surface area contributed by atoms with Gasteiger partial charge < -0.3 is 16.8 Å². The molecule has 1 rings (SSSR count). The van der Waals surface area contributed by atoms with Crippen molar-refractivity contribution in [1.82, 2.24) is 5.32 Å². The van der Waals surface area contributed by atoms with Gasteiger partial charge in [-0.05, 0) is 23.1 Å². The summed E-state index contributed by atoms with van der Waals surface area (Å²) in [5, 5.41) is 3.17. The highest BCUT2D eigenvalue weighted by molar-refractivity contribution is 5.85. The van der Waals surface area contributed by atoms with Crippen LogP contribution in [0.4, 0.5) is 5.69 Å². The Morgan fingerprint density at radius 3 is 2.44 bits per heavy atom. The summed E-state index contributed by atoms with van der Waals surface area (Å²) in [7, 11) is 0. The summed E-state index contributed by atoms with van der Waals surface area (Å²) in [6.45, 7) is 6.52. The largest absolute Gasteiger partial charge is 0.399 e. The highest BCUT2D eigenvalue weighted by Gasteiger charge is 2.28. The van der Waals surface area contributed by atoms with E-state index in [1.54, 1.807) is 0 Å². The van der Waals surface area contributed by atoms with Crippen molar-refractivity contribution in [2.45, 2.75) is 33.4 Å². The summed E-state index contributed by atoms with van der Waals surface area (Å²) in [5.74, 6) is -0.332. The second-order valence-electron chi connectivity index (χ2n) is 5.33. The fourth-order valence-electron chi connectivity index (χ4n) is 1.76. The second-order valence-corrected chi connectivity index (χ2v) is 5.33. The molecule has 5 N–H and O–H groups in total. The minimum absolute atomic E-state index is 0. The maximum Gasteiger partial charge on any atom is 0.235 e. The van der Waals surface area contributed by atoms with Crippen molar-refractivity contribution < 1.29 is 4.79 Å². The molecule has 18 heavy (non-hydrogen) atoms. The maximum atomic E-state index is 11.4.